The second-order valence-electron chi connectivity index (χ2n) is 2.28. The highest BCUT2D eigenvalue weighted by Gasteiger charge is 2.05. The molecule has 0 aliphatic heterocycles. The summed E-state index contributed by atoms with van der Waals surface area (Å²) < 4.78 is 10.1. The minimum atomic E-state index is -0.576. The van der Waals surface area contributed by atoms with Gasteiger partial charge in [0.15, 0.2) is 0 Å². The van der Waals surface area contributed by atoms with E-state index in [1.807, 2.05) is 30.3 Å². The predicted octanol–water partition coefficient (Wildman–Crippen LogP) is 1.03. The van der Waals surface area contributed by atoms with Gasteiger partial charge in [0, 0.05) is 7.11 Å². The fourth-order valence-electron chi connectivity index (χ4n) is 0.811. The van der Waals surface area contributed by atoms with Crippen molar-refractivity contribution in [3.8, 4) is 5.75 Å². The molecule has 1 aromatic carbocycles. The van der Waals surface area contributed by atoms with E-state index in [4.69, 9.17) is 14.6 Å². The van der Waals surface area contributed by atoms with E-state index < -0.39 is 6.29 Å². The highest BCUT2D eigenvalue weighted by atomic mass is 16.7. The van der Waals surface area contributed by atoms with Crippen LogP contribution >= 0.6 is 0 Å². The van der Waals surface area contributed by atoms with Gasteiger partial charge in [0.1, 0.15) is 12.4 Å². The summed E-state index contributed by atoms with van der Waals surface area (Å²) in [6.45, 7) is -0.147. The number of benzene rings is 1. The molecule has 0 spiro atoms. The van der Waals surface area contributed by atoms with Gasteiger partial charge >= 0.3 is 0 Å². The Labute approximate surface area is 71.5 Å². The molecule has 0 saturated heterocycles. The zero-order valence-corrected chi connectivity index (χ0v) is 6.93. The first-order valence-corrected chi connectivity index (χ1v) is 3.72. The van der Waals surface area contributed by atoms with Gasteiger partial charge in [-0.25, -0.2) is 0 Å². The van der Waals surface area contributed by atoms with Crippen LogP contribution in [0.2, 0.25) is 0 Å². The maximum absolute atomic E-state index is 8.74. The van der Waals surface area contributed by atoms with E-state index in [-0.39, 0.29) is 6.61 Å². The smallest absolute Gasteiger partial charge is 0.222 e. The summed E-state index contributed by atoms with van der Waals surface area (Å²) in [5, 5.41) is 8.74. The van der Waals surface area contributed by atoms with Crippen LogP contribution in [-0.4, -0.2) is 25.1 Å². The zero-order valence-electron chi connectivity index (χ0n) is 6.93. The van der Waals surface area contributed by atoms with Crippen LogP contribution in [0.4, 0.5) is 0 Å². The number of hydrogen-bond acceptors (Lipinski definition) is 3. The van der Waals surface area contributed by atoms with Crippen molar-refractivity contribution in [3.63, 3.8) is 0 Å². The Kier molecular flexibility index (Phi) is 3.57. The minimum Gasteiger partial charge on any atom is -0.462 e. The van der Waals surface area contributed by atoms with Gasteiger partial charge in [-0.3, -0.25) is 0 Å². The van der Waals surface area contributed by atoms with Crippen molar-refractivity contribution in [2.75, 3.05) is 13.7 Å². The molecule has 1 atom stereocenters. The molecule has 3 heteroatoms. The van der Waals surface area contributed by atoms with Gasteiger partial charge in [0.2, 0.25) is 6.29 Å². The maximum Gasteiger partial charge on any atom is 0.222 e. The number of aliphatic hydroxyl groups excluding tert-OH is 1. The summed E-state index contributed by atoms with van der Waals surface area (Å²) in [5.74, 6) is 0.693. The van der Waals surface area contributed by atoms with Crippen LogP contribution in [0.3, 0.4) is 0 Å². The summed E-state index contributed by atoms with van der Waals surface area (Å²) in [5.41, 5.74) is 0. The van der Waals surface area contributed by atoms with Crippen molar-refractivity contribution >= 4 is 0 Å². The van der Waals surface area contributed by atoms with Crippen molar-refractivity contribution in [3.05, 3.63) is 30.3 Å². The number of ether oxygens (including phenoxy) is 2. The zero-order chi connectivity index (χ0) is 8.81. The van der Waals surface area contributed by atoms with Gasteiger partial charge in [-0.1, -0.05) is 18.2 Å². The molecular weight excluding hydrogens is 156 g/mol. The Bertz CT molecular complexity index is 206. The van der Waals surface area contributed by atoms with E-state index in [1.165, 1.54) is 7.11 Å². The fourth-order valence-corrected chi connectivity index (χ4v) is 0.811. The lowest BCUT2D eigenvalue weighted by Gasteiger charge is -2.14. The summed E-state index contributed by atoms with van der Waals surface area (Å²) in [7, 11) is 1.49. The van der Waals surface area contributed by atoms with Crippen LogP contribution in [0, 0.1) is 0 Å². The second kappa shape index (κ2) is 4.74. The van der Waals surface area contributed by atoms with Crippen LogP contribution in [-0.2, 0) is 4.74 Å². The molecule has 0 aromatic heterocycles. The molecule has 66 valence electrons. The summed E-state index contributed by atoms with van der Waals surface area (Å²) >= 11 is 0. The van der Waals surface area contributed by atoms with Crippen LogP contribution in [0.25, 0.3) is 0 Å². The predicted molar refractivity (Wildman–Crippen MR) is 45.0 cm³/mol. The van der Waals surface area contributed by atoms with Gasteiger partial charge in [-0.05, 0) is 12.1 Å². The Morgan fingerprint density at radius 1 is 1.33 bits per heavy atom. The standard InChI is InChI=1S/C9H12O3/c1-11-9(7-10)12-8-5-3-2-4-6-8/h2-6,9-10H,7H2,1H3. The van der Waals surface area contributed by atoms with Gasteiger partial charge in [0.25, 0.3) is 0 Å². The molecule has 0 aliphatic rings. The van der Waals surface area contributed by atoms with Gasteiger partial charge in [-0.15, -0.1) is 0 Å². The third-order valence-electron chi connectivity index (χ3n) is 1.42. The van der Waals surface area contributed by atoms with Crippen molar-refractivity contribution in [2.24, 2.45) is 0 Å². The van der Waals surface area contributed by atoms with Gasteiger partial charge in [-0.2, -0.15) is 0 Å². The fraction of sp³-hybridized carbons (Fsp3) is 0.333. The Morgan fingerprint density at radius 2 is 2.00 bits per heavy atom. The highest BCUT2D eigenvalue weighted by Crippen LogP contribution is 2.10. The van der Waals surface area contributed by atoms with Crippen molar-refractivity contribution in [2.45, 2.75) is 6.29 Å². The van der Waals surface area contributed by atoms with Crippen molar-refractivity contribution in [1.82, 2.24) is 0 Å². The lowest BCUT2D eigenvalue weighted by molar-refractivity contribution is -0.0841. The third kappa shape index (κ3) is 2.53. The molecule has 0 fully saturated rings. The first-order chi connectivity index (χ1) is 5.86. The monoisotopic (exact) mass is 168 g/mol. The number of aliphatic hydroxyl groups is 1. The van der Waals surface area contributed by atoms with Crippen LogP contribution in [0.15, 0.2) is 30.3 Å². The molecule has 1 unspecified atom stereocenters. The molecule has 0 aliphatic carbocycles. The molecular formula is C9H12O3. The first-order valence-electron chi connectivity index (χ1n) is 3.72. The summed E-state index contributed by atoms with van der Waals surface area (Å²) in [6, 6.07) is 9.23. The highest BCUT2D eigenvalue weighted by molar-refractivity contribution is 5.20. The van der Waals surface area contributed by atoms with E-state index >= 15 is 0 Å². The Hall–Kier alpha value is -1.06. The lowest BCUT2D eigenvalue weighted by atomic mass is 10.3. The molecule has 0 saturated carbocycles. The van der Waals surface area contributed by atoms with E-state index in [0.717, 1.165) is 0 Å². The van der Waals surface area contributed by atoms with E-state index in [9.17, 15) is 0 Å². The molecule has 3 nitrogen and oxygen atoms in total. The maximum atomic E-state index is 8.74. The SMILES string of the molecule is COC(CO)Oc1ccccc1. The summed E-state index contributed by atoms with van der Waals surface area (Å²) in [4.78, 5) is 0. The van der Waals surface area contributed by atoms with E-state index in [2.05, 4.69) is 0 Å². The molecule has 0 radical (unpaired) electrons. The second-order valence-corrected chi connectivity index (χ2v) is 2.28. The first kappa shape index (κ1) is 9.03. The van der Waals surface area contributed by atoms with Crippen LogP contribution < -0.4 is 4.74 Å². The molecule has 0 heterocycles. The average Bonchev–Trinajstić information content (AvgIpc) is 2.16. The number of hydrogen-bond donors (Lipinski definition) is 1. The van der Waals surface area contributed by atoms with Crippen LogP contribution in [0.1, 0.15) is 0 Å². The normalized spacial score (nSPS) is 12.5. The molecule has 0 bridgehead atoms. The van der Waals surface area contributed by atoms with E-state index in [1.54, 1.807) is 0 Å². The lowest BCUT2D eigenvalue weighted by Crippen LogP contribution is -2.22. The molecule has 1 N–H and O–H groups in total. The molecule has 0 amide bonds. The largest absolute Gasteiger partial charge is 0.462 e. The molecule has 12 heavy (non-hydrogen) atoms. The number of methoxy groups -OCH3 is 1. The van der Waals surface area contributed by atoms with Gasteiger partial charge < -0.3 is 14.6 Å². The molecule has 1 aromatic rings. The van der Waals surface area contributed by atoms with Crippen LogP contribution in [0.5, 0.6) is 5.75 Å². The Balaban J connectivity index is 2.51. The number of rotatable bonds is 4. The van der Waals surface area contributed by atoms with Gasteiger partial charge in [0.05, 0.1) is 0 Å². The topological polar surface area (TPSA) is 38.7 Å². The quantitative estimate of drug-likeness (QED) is 0.682. The van der Waals surface area contributed by atoms with Crippen molar-refractivity contribution < 1.29 is 14.6 Å². The molecule has 1 rings (SSSR count). The van der Waals surface area contributed by atoms with E-state index in [0.29, 0.717) is 5.75 Å². The third-order valence-corrected chi connectivity index (χ3v) is 1.42. The Morgan fingerprint density at radius 3 is 2.50 bits per heavy atom. The van der Waals surface area contributed by atoms with Crippen molar-refractivity contribution in [1.29, 1.82) is 0 Å². The number of para-hydroxylation sites is 1. The average molecular weight is 168 g/mol. The minimum absolute atomic E-state index is 0.147. The summed E-state index contributed by atoms with van der Waals surface area (Å²) in [6.07, 6.45) is -0.576.